The molecular formula is C14H12Cl2S3. The highest BCUT2D eigenvalue weighted by molar-refractivity contribution is 8.00. The van der Waals surface area contributed by atoms with Gasteiger partial charge in [-0.1, -0.05) is 23.2 Å². The molecule has 2 aromatic heterocycles. The van der Waals surface area contributed by atoms with Gasteiger partial charge in [0.05, 0.1) is 8.67 Å². The zero-order valence-electron chi connectivity index (χ0n) is 10.5. The van der Waals surface area contributed by atoms with Crippen LogP contribution in [-0.4, -0.2) is 11.5 Å². The van der Waals surface area contributed by atoms with Crippen LogP contribution in [0.4, 0.5) is 0 Å². The predicted octanol–water partition coefficient (Wildman–Crippen LogP) is 6.39. The van der Waals surface area contributed by atoms with Crippen LogP contribution in [0.25, 0.3) is 11.1 Å². The number of hydrogen-bond donors (Lipinski definition) is 0. The fraction of sp³-hybridized carbons (Fsp3) is 0.286. The summed E-state index contributed by atoms with van der Waals surface area (Å²) in [4.78, 5) is 2.61. The molecule has 3 rings (SSSR count). The molecule has 0 spiro atoms. The van der Waals surface area contributed by atoms with Crippen molar-refractivity contribution in [3.63, 3.8) is 0 Å². The van der Waals surface area contributed by atoms with Crippen LogP contribution in [0.5, 0.6) is 0 Å². The van der Waals surface area contributed by atoms with Gasteiger partial charge in [0.15, 0.2) is 0 Å². The Labute approximate surface area is 135 Å². The van der Waals surface area contributed by atoms with Crippen molar-refractivity contribution in [1.82, 2.24) is 0 Å². The van der Waals surface area contributed by atoms with E-state index in [0.717, 1.165) is 20.2 Å². The van der Waals surface area contributed by atoms with Crippen molar-refractivity contribution in [2.24, 2.45) is 0 Å². The molecule has 2 aromatic rings. The Morgan fingerprint density at radius 3 is 1.58 bits per heavy atom. The van der Waals surface area contributed by atoms with Crippen LogP contribution in [0.3, 0.4) is 0 Å². The van der Waals surface area contributed by atoms with Gasteiger partial charge >= 0.3 is 0 Å². The zero-order chi connectivity index (χ0) is 13.6. The largest absolute Gasteiger partial charge is 0.152 e. The summed E-state index contributed by atoms with van der Waals surface area (Å²) in [6.07, 6.45) is 0. The molecule has 0 bridgehead atoms. The number of halogens is 2. The van der Waals surface area contributed by atoms with Gasteiger partial charge in [-0.05, 0) is 48.3 Å². The van der Waals surface area contributed by atoms with Crippen molar-refractivity contribution in [1.29, 1.82) is 0 Å². The van der Waals surface area contributed by atoms with Gasteiger partial charge in [-0.15, -0.1) is 22.7 Å². The van der Waals surface area contributed by atoms with E-state index in [1.165, 1.54) is 32.0 Å². The fourth-order valence-electron chi connectivity index (χ4n) is 2.40. The lowest BCUT2D eigenvalue weighted by Crippen LogP contribution is -1.90. The summed E-state index contributed by atoms with van der Waals surface area (Å²) in [5, 5.41) is 0. The Morgan fingerprint density at radius 1 is 0.842 bits per heavy atom. The van der Waals surface area contributed by atoms with Crippen LogP contribution < -0.4 is 0 Å². The van der Waals surface area contributed by atoms with Crippen molar-refractivity contribution >= 4 is 68.8 Å². The van der Waals surface area contributed by atoms with Crippen LogP contribution in [-0.2, 0) is 0 Å². The second-order valence-electron chi connectivity index (χ2n) is 4.49. The van der Waals surface area contributed by atoms with Gasteiger partial charge in [-0.2, -0.15) is 11.8 Å². The molecule has 0 nitrogen and oxygen atoms in total. The molecule has 0 fully saturated rings. The first-order valence-electron chi connectivity index (χ1n) is 5.88. The predicted molar refractivity (Wildman–Crippen MR) is 92.3 cm³/mol. The minimum Gasteiger partial charge on any atom is -0.152 e. The van der Waals surface area contributed by atoms with Gasteiger partial charge in [-0.25, -0.2) is 0 Å². The summed E-state index contributed by atoms with van der Waals surface area (Å²) in [6.45, 7) is 4.29. The van der Waals surface area contributed by atoms with Gasteiger partial charge in [0, 0.05) is 21.3 Å². The molecule has 0 unspecified atom stereocenters. The van der Waals surface area contributed by atoms with Crippen molar-refractivity contribution in [3.05, 3.63) is 41.7 Å². The number of thiophene rings is 2. The highest BCUT2D eigenvalue weighted by atomic mass is 35.5. The Kier molecular flexibility index (Phi) is 4.03. The van der Waals surface area contributed by atoms with Crippen molar-refractivity contribution in [3.8, 4) is 0 Å². The lowest BCUT2D eigenvalue weighted by atomic mass is 9.98. The lowest BCUT2D eigenvalue weighted by Gasteiger charge is -2.06. The Bertz CT molecular complexity index is 608. The van der Waals surface area contributed by atoms with Gasteiger partial charge in [0.25, 0.3) is 0 Å². The summed E-state index contributed by atoms with van der Waals surface area (Å²) in [5.74, 6) is 2.13. The van der Waals surface area contributed by atoms with Crippen molar-refractivity contribution in [2.45, 2.75) is 13.8 Å². The zero-order valence-corrected chi connectivity index (χ0v) is 14.5. The molecule has 3 heterocycles. The molecule has 0 saturated heterocycles. The molecular weight excluding hydrogens is 335 g/mol. The van der Waals surface area contributed by atoms with E-state index >= 15 is 0 Å². The number of aryl methyl sites for hydroxylation is 2. The minimum absolute atomic E-state index is 0.872. The van der Waals surface area contributed by atoms with Crippen molar-refractivity contribution in [2.75, 3.05) is 11.5 Å². The summed E-state index contributed by atoms with van der Waals surface area (Å²) in [5.41, 5.74) is 5.50. The van der Waals surface area contributed by atoms with Gasteiger partial charge in [0.2, 0.25) is 0 Å². The molecule has 0 radical (unpaired) electrons. The molecule has 1 aliphatic rings. The SMILES string of the molecule is Cc1sc(Cl)cc1C1=C(c2cc(Cl)sc2C)CSC1. The molecule has 0 saturated carbocycles. The fourth-order valence-corrected chi connectivity index (χ4v) is 6.01. The van der Waals surface area contributed by atoms with Gasteiger partial charge in [0.1, 0.15) is 0 Å². The van der Waals surface area contributed by atoms with Crippen LogP contribution in [0.2, 0.25) is 8.67 Å². The average Bonchev–Trinajstić information content (AvgIpc) is 2.98. The maximum Gasteiger partial charge on any atom is 0.0937 e. The number of rotatable bonds is 2. The quantitative estimate of drug-likeness (QED) is 0.606. The Morgan fingerprint density at radius 2 is 1.26 bits per heavy atom. The molecule has 5 heteroatoms. The highest BCUT2D eigenvalue weighted by Gasteiger charge is 2.22. The summed E-state index contributed by atoms with van der Waals surface area (Å²) < 4.78 is 1.74. The van der Waals surface area contributed by atoms with E-state index in [2.05, 4.69) is 26.0 Å². The molecule has 0 aliphatic carbocycles. The number of hydrogen-bond acceptors (Lipinski definition) is 3. The van der Waals surface area contributed by atoms with E-state index < -0.39 is 0 Å². The van der Waals surface area contributed by atoms with Crippen LogP contribution in [0.15, 0.2) is 12.1 Å². The normalized spacial score (nSPS) is 15.6. The standard InChI is InChI=1S/C14H12Cl2S3/c1-7-9(3-13(15)18-7)11-5-17-6-12(11)10-4-14(16)19-8(10)2/h3-4H,5-6H2,1-2H3. The maximum absolute atomic E-state index is 6.14. The minimum atomic E-state index is 0.872. The smallest absolute Gasteiger partial charge is 0.0937 e. The second kappa shape index (κ2) is 5.45. The second-order valence-corrected chi connectivity index (χ2v) is 9.25. The molecule has 100 valence electrons. The van der Waals surface area contributed by atoms with E-state index in [0.29, 0.717) is 0 Å². The Balaban J connectivity index is 2.15. The first kappa shape index (κ1) is 14.0. The topological polar surface area (TPSA) is 0 Å². The van der Waals surface area contributed by atoms with E-state index in [1.807, 2.05) is 11.8 Å². The van der Waals surface area contributed by atoms with Crippen molar-refractivity contribution < 1.29 is 0 Å². The first-order chi connectivity index (χ1) is 9.06. The van der Waals surface area contributed by atoms with E-state index in [4.69, 9.17) is 23.2 Å². The third-order valence-corrected chi connectivity index (χ3v) is 6.63. The van der Waals surface area contributed by atoms with E-state index in [-0.39, 0.29) is 0 Å². The summed E-state index contributed by atoms with van der Waals surface area (Å²) in [7, 11) is 0. The average molecular weight is 347 g/mol. The monoisotopic (exact) mass is 346 g/mol. The van der Waals surface area contributed by atoms with E-state index in [1.54, 1.807) is 22.7 Å². The maximum atomic E-state index is 6.14. The Hall–Kier alpha value is 0.0700. The highest BCUT2D eigenvalue weighted by Crippen LogP contribution is 2.44. The molecule has 0 aromatic carbocycles. The summed E-state index contributed by atoms with van der Waals surface area (Å²) >= 11 is 17.6. The third kappa shape index (κ3) is 2.64. The molecule has 0 amide bonds. The summed E-state index contributed by atoms with van der Waals surface area (Å²) in [6, 6.07) is 4.21. The van der Waals surface area contributed by atoms with Crippen LogP contribution in [0.1, 0.15) is 20.9 Å². The molecule has 0 N–H and O–H groups in total. The van der Waals surface area contributed by atoms with Crippen LogP contribution >= 0.6 is 57.6 Å². The molecule has 0 atom stereocenters. The van der Waals surface area contributed by atoms with Crippen LogP contribution in [0, 0.1) is 13.8 Å². The molecule has 1 aliphatic heterocycles. The third-order valence-electron chi connectivity index (χ3n) is 3.28. The van der Waals surface area contributed by atoms with Gasteiger partial charge < -0.3 is 0 Å². The first-order valence-corrected chi connectivity index (χ1v) is 9.43. The lowest BCUT2D eigenvalue weighted by molar-refractivity contribution is 1.51. The van der Waals surface area contributed by atoms with E-state index in [9.17, 15) is 0 Å². The van der Waals surface area contributed by atoms with Gasteiger partial charge in [-0.3, -0.25) is 0 Å². The molecule has 19 heavy (non-hydrogen) atoms. The number of thioether (sulfide) groups is 1.